The molecule has 1 heterocycles. The SMILES string of the molecule is COCCc1ccc(Cc2cc([C@@H]3O[C@H](CO)[C@@H](O)[C@H](O)[C@H]3O)ccc2N)cc1. The number of nitrogens with two attached hydrogens (primary N) is 1. The number of anilines is 1. The zero-order valence-corrected chi connectivity index (χ0v) is 16.4. The average molecular weight is 403 g/mol. The van der Waals surface area contributed by atoms with E-state index in [2.05, 4.69) is 12.1 Å². The molecule has 7 nitrogen and oxygen atoms in total. The molecule has 0 spiro atoms. The Bertz CT molecular complexity index is 794. The van der Waals surface area contributed by atoms with Crippen LogP contribution in [0.4, 0.5) is 5.69 Å². The summed E-state index contributed by atoms with van der Waals surface area (Å²) in [7, 11) is 1.68. The molecule has 0 aliphatic carbocycles. The van der Waals surface area contributed by atoms with Crippen LogP contribution in [0.2, 0.25) is 0 Å². The van der Waals surface area contributed by atoms with Gasteiger partial charge >= 0.3 is 0 Å². The molecular formula is C22H29NO6. The molecule has 1 aliphatic rings. The Kier molecular flexibility index (Phi) is 7.23. The molecule has 2 aromatic rings. The summed E-state index contributed by atoms with van der Waals surface area (Å²) in [5.74, 6) is 0. The lowest BCUT2D eigenvalue weighted by molar-refractivity contribution is -0.231. The molecule has 29 heavy (non-hydrogen) atoms. The minimum atomic E-state index is -1.41. The van der Waals surface area contributed by atoms with Gasteiger partial charge in [-0.2, -0.15) is 0 Å². The average Bonchev–Trinajstić information content (AvgIpc) is 2.73. The Hall–Kier alpha value is -2.00. The van der Waals surface area contributed by atoms with Crippen LogP contribution in [0.3, 0.4) is 0 Å². The van der Waals surface area contributed by atoms with Crippen molar-refractivity contribution in [2.24, 2.45) is 0 Å². The second-order valence-electron chi connectivity index (χ2n) is 7.44. The van der Waals surface area contributed by atoms with Gasteiger partial charge in [0.25, 0.3) is 0 Å². The Morgan fingerprint density at radius 3 is 2.31 bits per heavy atom. The molecule has 6 N–H and O–H groups in total. The van der Waals surface area contributed by atoms with E-state index in [1.807, 2.05) is 18.2 Å². The second kappa shape index (κ2) is 9.67. The highest BCUT2D eigenvalue weighted by Gasteiger charge is 2.43. The van der Waals surface area contributed by atoms with Crippen molar-refractivity contribution in [1.29, 1.82) is 0 Å². The number of nitrogen functional groups attached to an aromatic ring is 1. The van der Waals surface area contributed by atoms with E-state index in [0.717, 1.165) is 17.5 Å². The lowest BCUT2D eigenvalue weighted by Gasteiger charge is -2.40. The number of methoxy groups -OCH3 is 1. The van der Waals surface area contributed by atoms with Crippen LogP contribution in [0.15, 0.2) is 42.5 Å². The maximum absolute atomic E-state index is 10.4. The van der Waals surface area contributed by atoms with Crippen LogP contribution in [0, 0.1) is 0 Å². The molecule has 0 aromatic heterocycles. The van der Waals surface area contributed by atoms with E-state index < -0.39 is 37.1 Å². The molecule has 1 saturated heterocycles. The van der Waals surface area contributed by atoms with Crippen molar-refractivity contribution in [3.63, 3.8) is 0 Å². The smallest absolute Gasteiger partial charge is 0.113 e. The lowest BCUT2D eigenvalue weighted by Crippen LogP contribution is -2.55. The van der Waals surface area contributed by atoms with Gasteiger partial charge in [0.15, 0.2) is 0 Å². The highest BCUT2D eigenvalue weighted by atomic mass is 16.5. The summed E-state index contributed by atoms with van der Waals surface area (Å²) >= 11 is 0. The lowest BCUT2D eigenvalue weighted by atomic mass is 9.89. The van der Waals surface area contributed by atoms with Crippen molar-refractivity contribution >= 4 is 5.69 Å². The summed E-state index contributed by atoms with van der Waals surface area (Å²) < 4.78 is 10.8. The summed E-state index contributed by atoms with van der Waals surface area (Å²) in [5, 5.41) is 39.8. The molecule has 0 bridgehead atoms. The number of hydrogen-bond acceptors (Lipinski definition) is 7. The van der Waals surface area contributed by atoms with E-state index >= 15 is 0 Å². The molecule has 0 saturated carbocycles. The maximum atomic E-state index is 10.4. The van der Waals surface area contributed by atoms with Crippen molar-refractivity contribution < 1.29 is 29.9 Å². The van der Waals surface area contributed by atoms with E-state index in [4.69, 9.17) is 15.2 Å². The Labute approximate surface area is 170 Å². The molecule has 3 rings (SSSR count). The minimum Gasteiger partial charge on any atom is -0.398 e. The summed E-state index contributed by atoms with van der Waals surface area (Å²) in [5.41, 5.74) is 10.5. The molecule has 2 aromatic carbocycles. The van der Waals surface area contributed by atoms with Crippen molar-refractivity contribution in [1.82, 2.24) is 0 Å². The first-order valence-corrected chi connectivity index (χ1v) is 9.70. The number of benzene rings is 2. The van der Waals surface area contributed by atoms with Gasteiger partial charge in [0.05, 0.1) is 13.2 Å². The van der Waals surface area contributed by atoms with Gasteiger partial charge in [-0.3, -0.25) is 0 Å². The van der Waals surface area contributed by atoms with Crippen molar-refractivity contribution in [3.05, 3.63) is 64.7 Å². The van der Waals surface area contributed by atoms with Crippen molar-refractivity contribution in [3.8, 4) is 0 Å². The van der Waals surface area contributed by atoms with Crippen LogP contribution >= 0.6 is 0 Å². The second-order valence-corrected chi connectivity index (χ2v) is 7.44. The van der Waals surface area contributed by atoms with Gasteiger partial charge in [0.2, 0.25) is 0 Å². The Morgan fingerprint density at radius 2 is 1.66 bits per heavy atom. The third-order valence-electron chi connectivity index (χ3n) is 5.40. The maximum Gasteiger partial charge on any atom is 0.113 e. The van der Waals surface area contributed by atoms with Crippen LogP contribution in [-0.2, 0) is 22.3 Å². The van der Waals surface area contributed by atoms with Gasteiger partial charge in [-0.15, -0.1) is 0 Å². The Balaban J connectivity index is 1.79. The van der Waals surface area contributed by atoms with Gasteiger partial charge in [0.1, 0.15) is 30.5 Å². The first-order valence-electron chi connectivity index (χ1n) is 9.70. The van der Waals surface area contributed by atoms with Gasteiger partial charge in [0, 0.05) is 12.8 Å². The van der Waals surface area contributed by atoms with E-state index in [-0.39, 0.29) is 0 Å². The van der Waals surface area contributed by atoms with Crippen molar-refractivity contribution in [2.75, 3.05) is 26.1 Å². The van der Waals surface area contributed by atoms with Crippen molar-refractivity contribution in [2.45, 2.75) is 43.4 Å². The molecule has 0 amide bonds. The molecule has 158 valence electrons. The first-order chi connectivity index (χ1) is 13.9. The molecule has 5 atom stereocenters. The summed E-state index contributed by atoms with van der Waals surface area (Å²) in [6, 6.07) is 13.5. The van der Waals surface area contributed by atoms with E-state index in [9.17, 15) is 20.4 Å². The number of rotatable bonds is 7. The molecular weight excluding hydrogens is 374 g/mol. The van der Waals surface area contributed by atoms with Crippen LogP contribution in [-0.4, -0.2) is 65.2 Å². The standard InChI is InChI=1S/C22H29NO6/c1-28-9-8-13-2-4-14(5-3-13)10-16-11-15(6-7-17(16)23)22-21(27)20(26)19(25)18(12-24)29-22/h2-7,11,18-22,24-27H,8-10,12,23H2,1H3/t18-,19-,20+,21-,22+/m1/s1. The molecule has 0 unspecified atom stereocenters. The highest BCUT2D eigenvalue weighted by Crippen LogP contribution is 2.34. The summed E-state index contributed by atoms with van der Waals surface area (Å²) in [4.78, 5) is 0. The number of ether oxygens (including phenoxy) is 2. The summed E-state index contributed by atoms with van der Waals surface area (Å²) in [6.45, 7) is 0.214. The Morgan fingerprint density at radius 1 is 0.966 bits per heavy atom. The number of aliphatic hydroxyl groups is 4. The molecule has 0 radical (unpaired) electrons. The minimum absolute atomic E-state index is 0.460. The quantitative estimate of drug-likeness (QED) is 0.428. The van der Waals surface area contributed by atoms with Gasteiger partial charge < -0.3 is 35.6 Å². The fourth-order valence-corrected chi connectivity index (χ4v) is 3.60. The van der Waals surface area contributed by atoms with Gasteiger partial charge in [-0.05, 0) is 41.2 Å². The van der Waals surface area contributed by atoms with Gasteiger partial charge in [-0.1, -0.05) is 36.4 Å². The van der Waals surface area contributed by atoms with E-state index in [1.165, 1.54) is 5.56 Å². The number of hydrogen-bond donors (Lipinski definition) is 5. The first kappa shape index (κ1) is 21.7. The highest BCUT2D eigenvalue weighted by molar-refractivity contribution is 5.51. The monoisotopic (exact) mass is 403 g/mol. The normalized spacial score (nSPS) is 27.1. The third kappa shape index (κ3) is 4.95. The van der Waals surface area contributed by atoms with E-state index in [0.29, 0.717) is 24.3 Å². The number of aliphatic hydroxyl groups excluding tert-OH is 4. The molecule has 1 aliphatic heterocycles. The third-order valence-corrected chi connectivity index (χ3v) is 5.40. The fraction of sp³-hybridized carbons (Fsp3) is 0.455. The summed E-state index contributed by atoms with van der Waals surface area (Å²) in [6.07, 6.45) is -4.47. The predicted octanol–water partition coefficient (Wildman–Crippen LogP) is 0.563. The van der Waals surface area contributed by atoms with E-state index in [1.54, 1.807) is 19.2 Å². The predicted molar refractivity (Wildman–Crippen MR) is 108 cm³/mol. The molecule has 7 heteroatoms. The van der Waals surface area contributed by atoms with Crippen LogP contribution in [0.5, 0.6) is 0 Å². The largest absolute Gasteiger partial charge is 0.398 e. The zero-order chi connectivity index (χ0) is 21.0. The van der Waals surface area contributed by atoms with Crippen LogP contribution in [0.1, 0.15) is 28.4 Å². The zero-order valence-electron chi connectivity index (χ0n) is 16.4. The van der Waals surface area contributed by atoms with Crippen LogP contribution < -0.4 is 5.73 Å². The van der Waals surface area contributed by atoms with Gasteiger partial charge in [-0.25, -0.2) is 0 Å². The van der Waals surface area contributed by atoms with Crippen LogP contribution in [0.25, 0.3) is 0 Å². The fourth-order valence-electron chi connectivity index (χ4n) is 3.60. The topological polar surface area (TPSA) is 125 Å². The molecule has 1 fully saturated rings.